The molecule has 0 N–H and O–H groups in total. The van der Waals surface area contributed by atoms with Gasteiger partial charge in [0, 0.05) is 12.3 Å². The predicted molar refractivity (Wildman–Crippen MR) is 81.0 cm³/mol. The van der Waals surface area contributed by atoms with Gasteiger partial charge >= 0.3 is 0 Å². The largest absolute Gasteiger partial charge is 0.321 e. The number of fused-ring (bicyclic) bond motifs is 1. The molecule has 1 fully saturated rings. The number of alkyl halides is 1. The number of imidazole rings is 1. The standard InChI is InChI=1S/C14H16ClFN2O2S/c1-14(6-8-21(19,20)9-14)18-11-4-2-3-10(16)13(11)17-12(18)5-7-15/h2-4H,5-9H2,1H3. The lowest BCUT2D eigenvalue weighted by atomic mass is 10.0. The van der Waals surface area contributed by atoms with Crippen molar-refractivity contribution < 1.29 is 12.8 Å². The first-order chi connectivity index (χ1) is 9.86. The highest BCUT2D eigenvalue weighted by Crippen LogP contribution is 2.35. The normalized spacial score (nSPS) is 24.7. The minimum absolute atomic E-state index is 0.0528. The second kappa shape index (κ2) is 4.95. The molecule has 21 heavy (non-hydrogen) atoms. The van der Waals surface area contributed by atoms with Gasteiger partial charge in [-0.1, -0.05) is 6.07 Å². The number of halogens is 2. The number of aromatic nitrogens is 2. The lowest BCUT2D eigenvalue weighted by Crippen LogP contribution is -2.33. The maximum Gasteiger partial charge on any atom is 0.152 e. The van der Waals surface area contributed by atoms with E-state index in [1.54, 1.807) is 12.1 Å². The number of hydrogen-bond donors (Lipinski definition) is 0. The third kappa shape index (κ3) is 2.44. The Morgan fingerprint density at radius 3 is 2.86 bits per heavy atom. The van der Waals surface area contributed by atoms with Gasteiger partial charge < -0.3 is 4.57 Å². The van der Waals surface area contributed by atoms with E-state index in [1.165, 1.54) is 6.07 Å². The topological polar surface area (TPSA) is 52.0 Å². The highest BCUT2D eigenvalue weighted by Gasteiger charge is 2.41. The zero-order chi connectivity index (χ0) is 15.3. The van der Waals surface area contributed by atoms with Crippen molar-refractivity contribution in [3.63, 3.8) is 0 Å². The molecular weight excluding hydrogens is 315 g/mol. The molecule has 0 amide bonds. The Labute approximate surface area is 127 Å². The van der Waals surface area contributed by atoms with Gasteiger partial charge in [-0.15, -0.1) is 11.6 Å². The van der Waals surface area contributed by atoms with Gasteiger partial charge in [-0.3, -0.25) is 0 Å². The zero-order valence-corrected chi connectivity index (χ0v) is 13.2. The molecule has 1 aromatic carbocycles. The molecule has 1 unspecified atom stereocenters. The first-order valence-electron chi connectivity index (χ1n) is 6.79. The van der Waals surface area contributed by atoms with Gasteiger partial charge in [0.25, 0.3) is 0 Å². The molecule has 4 nitrogen and oxygen atoms in total. The molecule has 1 saturated heterocycles. The zero-order valence-electron chi connectivity index (χ0n) is 11.6. The summed E-state index contributed by atoms with van der Waals surface area (Å²) in [7, 11) is -3.07. The van der Waals surface area contributed by atoms with Crippen LogP contribution in [0.3, 0.4) is 0 Å². The summed E-state index contributed by atoms with van der Waals surface area (Å²) in [6.45, 7) is 1.89. The fourth-order valence-electron chi connectivity index (χ4n) is 3.14. The second-order valence-corrected chi connectivity index (χ2v) is 8.31. The van der Waals surface area contributed by atoms with Crippen LogP contribution in [0.15, 0.2) is 18.2 Å². The molecule has 0 saturated carbocycles. The van der Waals surface area contributed by atoms with Crippen LogP contribution in [0.4, 0.5) is 4.39 Å². The van der Waals surface area contributed by atoms with E-state index >= 15 is 0 Å². The van der Waals surface area contributed by atoms with Crippen molar-refractivity contribution in [3.8, 4) is 0 Å². The van der Waals surface area contributed by atoms with Gasteiger partial charge in [-0.2, -0.15) is 0 Å². The minimum atomic E-state index is -3.07. The highest BCUT2D eigenvalue weighted by atomic mass is 35.5. The molecule has 0 aliphatic carbocycles. The smallest absolute Gasteiger partial charge is 0.152 e. The monoisotopic (exact) mass is 330 g/mol. The molecule has 1 aliphatic heterocycles. The van der Waals surface area contributed by atoms with Crippen LogP contribution in [0.25, 0.3) is 11.0 Å². The lowest BCUT2D eigenvalue weighted by molar-refractivity contribution is 0.365. The van der Waals surface area contributed by atoms with E-state index in [0.717, 1.165) is 0 Å². The van der Waals surface area contributed by atoms with Gasteiger partial charge in [-0.05, 0) is 25.5 Å². The van der Waals surface area contributed by atoms with Crippen LogP contribution in [-0.4, -0.2) is 35.4 Å². The lowest BCUT2D eigenvalue weighted by Gasteiger charge is -2.27. The van der Waals surface area contributed by atoms with E-state index in [4.69, 9.17) is 11.6 Å². The average molecular weight is 331 g/mol. The molecule has 3 rings (SSSR count). The maximum absolute atomic E-state index is 14.0. The van der Waals surface area contributed by atoms with Gasteiger partial charge in [0.1, 0.15) is 11.3 Å². The van der Waals surface area contributed by atoms with Crippen LogP contribution in [0, 0.1) is 5.82 Å². The van der Waals surface area contributed by atoms with Crippen molar-refractivity contribution in [1.29, 1.82) is 0 Å². The van der Waals surface area contributed by atoms with Crippen LogP contribution < -0.4 is 0 Å². The summed E-state index contributed by atoms with van der Waals surface area (Å²) in [6.07, 6.45) is 0.984. The average Bonchev–Trinajstić information content (AvgIpc) is 2.89. The molecule has 0 bridgehead atoms. The van der Waals surface area contributed by atoms with E-state index in [-0.39, 0.29) is 17.0 Å². The summed E-state index contributed by atoms with van der Waals surface area (Å²) < 4.78 is 39.6. The quantitative estimate of drug-likeness (QED) is 0.812. The molecular formula is C14H16ClFN2O2S. The minimum Gasteiger partial charge on any atom is -0.321 e. The molecule has 1 aromatic heterocycles. The Balaban J connectivity index is 2.25. The Bertz CT molecular complexity index is 803. The van der Waals surface area contributed by atoms with Crippen molar-refractivity contribution in [3.05, 3.63) is 29.8 Å². The van der Waals surface area contributed by atoms with Crippen LogP contribution in [0.5, 0.6) is 0 Å². The molecule has 7 heteroatoms. The van der Waals surface area contributed by atoms with Crippen LogP contribution in [-0.2, 0) is 21.8 Å². The van der Waals surface area contributed by atoms with Gasteiger partial charge in [0.15, 0.2) is 15.7 Å². The van der Waals surface area contributed by atoms with Crippen LogP contribution >= 0.6 is 11.6 Å². The van der Waals surface area contributed by atoms with Gasteiger partial charge in [0.2, 0.25) is 0 Å². The fraction of sp³-hybridized carbons (Fsp3) is 0.500. The number of aryl methyl sites for hydroxylation is 1. The Kier molecular flexibility index (Phi) is 3.48. The summed E-state index contributed by atoms with van der Waals surface area (Å²) in [5.74, 6) is 0.806. The SMILES string of the molecule is CC1(n2c(CCCl)nc3c(F)cccc32)CCS(=O)(=O)C1. The number of para-hydroxylation sites is 1. The molecule has 0 radical (unpaired) electrons. The van der Waals surface area contributed by atoms with Crippen molar-refractivity contribution in [1.82, 2.24) is 9.55 Å². The van der Waals surface area contributed by atoms with E-state index in [9.17, 15) is 12.8 Å². The van der Waals surface area contributed by atoms with Gasteiger partial charge in [0.05, 0.1) is 22.6 Å². The van der Waals surface area contributed by atoms with Crippen molar-refractivity contribution in [2.24, 2.45) is 0 Å². The van der Waals surface area contributed by atoms with Crippen molar-refractivity contribution >= 4 is 32.5 Å². The van der Waals surface area contributed by atoms with E-state index in [1.807, 2.05) is 11.5 Å². The molecule has 1 atom stereocenters. The maximum atomic E-state index is 14.0. The van der Waals surface area contributed by atoms with Crippen LogP contribution in [0.1, 0.15) is 19.2 Å². The van der Waals surface area contributed by atoms with E-state index in [0.29, 0.717) is 30.1 Å². The van der Waals surface area contributed by atoms with Crippen molar-refractivity contribution in [2.75, 3.05) is 17.4 Å². The third-order valence-corrected chi connectivity index (χ3v) is 6.12. The van der Waals surface area contributed by atoms with Crippen LogP contribution in [0.2, 0.25) is 0 Å². The van der Waals surface area contributed by atoms with Crippen molar-refractivity contribution in [2.45, 2.75) is 25.3 Å². The van der Waals surface area contributed by atoms with E-state index < -0.39 is 21.2 Å². The summed E-state index contributed by atoms with van der Waals surface area (Å²) in [5.41, 5.74) is 0.320. The molecule has 2 heterocycles. The first-order valence-corrected chi connectivity index (χ1v) is 9.15. The molecule has 1 aliphatic rings. The Hall–Kier alpha value is -1.14. The summed E-state index contributed by atoms with van der Waals surface area (Å²) in [6, 6.07) is 4.75. The third-order valence-electron chi connectivity index (χ3n) is 4.05. The number of benzene rings is 1. The fourth-order valence-corrected chi connectivity index (χ4v) is 5.42. The molecule has 2 aromatic rings. The number of rotatable bonds is 3. The summed E-state index contributed by atoms with van der Waals surface area (Å²) in [5, 5.41) is 0. The van der Waals surface area contributed by atoms with Gasteiger partial charge in [-0.25, -0.2) is 17.8 Å². The number of hydrogen-bond acceptors (Lipinski definition) is 3. The number of nitrogens with zero attached hydrogens (tertiary/aromatic N) is 2. The van der Waals surface area contributed by atoms with E-state index in [2.05, 4.69) is 4.98 Å². The molecule has 0 spiro atoms. The Morgan fingerprint density at radius 2 is 2.24 bits per heavy atom. The predicted octanol–water partition coefficient (Wildman–Crippen LogP) is 2.49. The highest BCUT2D eigenvalue weighted by molar-refractivity contribution is 7.91. The summed E-state index contributed by atoms with van der Waals surface area (Å²) >= 11 is 5.82. The second-order valence-electron chi connectivity index (χ2n) is 5.75. The first kappa shape index (κ1) is 14.8. The molecule has 114 valence electrons. The summed E-state index contributed by atoms with van der Waals surface area (Å²) in [4.78, 5) is 4.35. The number of sulfone groups is 1. The Morgan fingerprint density at radius 1 is 1.48 bits per heavy atom.